The Labute approximate surface area is 169 Å². The van der Waals surface area contributed by atoms with E-state index in [2.05, 4.69) is 20.6 Å². The zero-order valence-electron chi connectivity index (χ0n) is 14.0. The quantitative estimate of drug-likeness (QED) is 0.288. The first-order valence-corrected chi connectivity index (χ1v) is 7.92. The molecule has 25 heavy (non-hydrogen) atoms. The molecular formula is C17H21ClFIN4O. The standard InChI is InChI=1S/C17H20ClFN4O.HI/c1-12(24-15-6-4-14(19)5-7-15)9-22-17(20-2)23-11-13-3-8-16(18)21-10-13;/h3-8,10,12H,9,11H2,1-2H3,(H2,20,22,23);1H. The molecule has 136 valence electrons. The van der Waals surface area contributed by atoms with E-state index in [-0.39, 0.29) is 35.9 Å². The van der Waals surface area contributed by atoms with E-state index in [4.69, 9.17) is 16.3 Å². The summed E-state index contributed by atoms with van der Waals surface area (Å²) >= 11 is 5.76. The Kier molecular flexibility index (Phi) is 9.51. The second-order valence-electron chi connectivity index (χ2n) is 5.18. The molecule has 0 spiro atoms. The molecule has 0 aliphatic heterocycles. The van der Waals surface area contributed by atoms with Gasteiger partial charge in [0.25, 0.3) is 0 Å². The van der Waals surface area contributed by atoms with Gasteiger partial charge in [0, 0.05) is 19.8 Å². The molecule has 0 fully saturated rings. The number of hydrogen-bond donors (Lipinski definition) is 2. The molecule has 1 atom stereocenters. The van der Waals surface area contributed by atoms with E-state index in [1.165, 1.54) is 12.1 Å². The summed E-state index contributed by atoms with van der Waals surface area (Å²) in [7, 11) is 1.70. The minimum atomic E-state index is -0.283. The first kappa shape index (κ1) is 21.4. The highest BCUT2D eigenvalue weighted by Crippen LogP contribution is 2.12. The lowest BCUT2D eigenvalue weighted by molar-refractivity contribution is 0.223. The van der Waals surface area contributed by atoms with Gasteiger partial charge in [-0.15, -0.1) is 24.0 Å². The van der Waals surface area contributed by atoms with E-state index in [1.54, 1.807) is 31.4 Å². The van der Waals surface area contributed by atoms with Gasteiger partial charge in [0.2, 0.25) is 0 Å². The average Bonchev–Trinajstić information content (AvgIpc) is 2.58. The van der Waals surface area contributed by atoms with Crippen molar-refractivity contribution >= 4 is 41.5 Å². The molecule has 1 aromatic carbocycles. The Balaban J connectivity index is 0.00000312. The van der Waals surface area contributed by atoms with E-state index in [0.717, 1.165) is 5.56 Å². The van der Waals surface area contributed by atoms with Crippen molar-refractivity contribution in [3.63, 3.8) is 0 Å². The molecule has 2 rings (SSSR count). The minimum Gasteiger partial charge on any atom is -0.489 e. The molecule has 0 radical (unpaired) electrons. The van der Waals surface area contributed by atoms with E-state index in [9.17, 15) is 4.39 Å². The maximum absolute atomic E-state index is 12.9. The predicted octanol–water partition coefficient (Wildman–Crippen LogP) is 3.62. The van der Waals surface area contributed by atoms with Crippen LogP contribution < -0.4 is 15.4 Å². The van der Waals surface area contributed by atoms with Crippen molar-refractivity contribution in [3.05, 3.63) is 59.1 Å². The SMILES string of the molecule is CN=C(NCc1ccc(Cl)nc1)NCC(C)Oc1ccc(F)cc1.I. The highest BCUT2D eigenvalue weighted by Gasteiger charge is 2.06. The van der Waals surface area contributed by atoms with Crippen molar-refractivity contribution in [2.24, 2.45) is 4.99 Å². The molecule has 0 saturated heterocycles. The van der Waals surface area contributed by atoms with Crippen molar-refractivity contribution in [1.82, 2.24) is 15.6 Å². The third kappa shape index (κ3) is 7.87. The zero-order chi connectivity index (χ0) is 17.4. The van der Waals surface area contributed by atoms with Crippen LogP contribution in [0.5, 0.6) is 5.75 Å². The second-order valence-corrected chi connectivity index (χ2v) is 5.57. The van der Waals surface area contributed by atoms with Crippen molar-refractivity contribution in [1.29, 1.82) is 0 Å². The molecule has 2 N–H and O–H groups in total. The van der Waals surface area contributed by atoms with Crippen LogP contribution in [0.25, 0.3) is 0 Å². The van der Waals surface area contributed by atoms with Gasteiger partial charge in [0.15, 0.2) is 5.96 Å². The topological polar surface area (TPSA) is 58.5 Å². The van der Waals surface area contributed by atoms with Gasteiger partial charge < -0.3 is 15.4 Å². The summed E-state index contributed by atoms with van der Waals surface area (Å²) in [6.07, 6.45) is 1.61. The first-order valence-electron chi connectivity index (χ1n) is 7.54. The van der Waals surface area contributed by atoms with Gasteiger partial charge in [-0.1, -0.05) is 17.7 Å². The molecule has 5 nitrogen and oxygen atoms in total. The smallest absolute Gasteiger partial charge is 0.191 e. The Morgan fingerprint density at radius 2 is 1.96 bits per heavy atom. The second kappa shape index (κ2) is 11.1. The van der Waals surface area contributed by atoms with Gasteiger partial charge in [-0.2, -0.15) is 0 Å². The fraction of sp³-hybridized carbons (Fsp3) is 0.294. The largest absolute Gasteiger partial charge is 0.489 e. The molecule has 0 aliphatic rings. The van der Waals surface area contributed by atoms with Crippen LogP contribution in [0.3, 0.4) is 0 Å². The maximum atomic E-state index is 12.9. The predicted molar refractivity (Wildman–Crippen MR) is 109 cm³/mol. The van der Waals surface area contributed by atoms with E-state index >= 15 is 0 Å². The summed E-state index contributed by atoms with van der Waals surface area (Å²) in [5.74, 6) is 0.995. The van der Waals surface area contributed by atoms with Crippen LogP contribution in [-0.4, -0.2) is 30.6 Å². The fourth-order valence-corrected chi connectivity index (χ4v) is 2.06. The zero-order valence-corrected chi connectivity index (χ0v) is 17.1. The number of nitrogens with zero attached hydrogens (tertiary/aromatic N) is 2. The molecule has 8 heteroatoms. The lowest BCUT2D eigenvalue weighted by atomic mass is 10.3. The Hall–Kier alpha value is -1.61. The van der Waals surface area contributed by atoms with E-state index < -0.39 is 0 Å². The van der Waals surface area contributed by atoms with Gasteiger partial charge in [-0.3, -0.25) is 4.99 Å². The summed E-state index contributed by atoms with van der Waals surface area (Å²) in [6.45, 7) is 3.06. The number of hydrogen-bond acceptors (Lipinski definition) is 3. The fourth-order valence-electron chi connectivity index (χ4n) is 1.94. The summed E-state index contributed by atoms with van der Waals surface area (Å²) in [4.78, 5) is 8.18. The van der Waals surface area contributed by atoms with Crippen LogP contribution in [0, 0.1) is 5.82 Å². The van der Waals surface area contributed by atoms with Gasteiger partial charge >= 0.3 is 0 Å². The Bertz CT molecular complexity index is 667. The molecule has 2 aromatic rings. The van der Waals surface area contributed by atoms with Crippen molar-refractivity contribution < 1.29 is 9.13 Å². The lowest BCUT2D eigenvalue weighted by Gasteiger charge is -2.17. The lowest BCUT2D eigenvalue weighted by Crippen LogP contribution is -2.41. The van der Waals surface area contributed by atoms with Crippen LogP contribution >= 0.6 is 35.6 Å². The Morgan fingerprint density at radius 1 is 1.24 bits per heavy atom. The van der Waals surface area contributed by atoms with E-state index in [1.807, 2.05) is 13.0 Å². The molecule has 0 saturated carbocycles. The first-order chi connectivity index (χ1) is 11.6. The summed E-state index contributed by atoms with van der Waals surface area (Å²) in [6, 6.07) is 9.59. The van der Waals surface area contributed by atoms with Gasteiger partial charge in [-0.25, -0.2) is 9.37 Å². The molecule has 0 aliphatic carbocycles. The highest BCUT2D eigenvalue weighted by molar-refractivity contribution is 14.0. The number of pyridine rings is 1. The number of nitrogens with one attached hydrogen (secondary N) is 2. The molecule has 1 heterocycles. The van der Waals surface area contributed by atoms with Crippen molar-refractivity contribution in [2.45, 2.75) is 19.6 Å². The monoisotopic (exact) mass is 478 g/mol. The molecular weight excluding hydrogens is 458 g/mol. The molecule has 1 aromatic heterocycles. The summed E-state index contributed by atoms with van der Waals surface area (Å²) < 4.78 is 18.6. The Morgan fingerprint density at radius 3 is 2.56 bits per heavy atom. The number of aromatic nitrogens is 1. The number of halogens is 3. The molecule has 0 amide bonds. The van der Waals surface area contributed by atoms with Crippen LogP contribution in [0.2, 0.25) is 5.15 Å². The maximum Gasteiger partial charge on any atom is 0.191 e. The number of aliphatic imine (C=N–C) groups is 1. The van der Waals surface area contributed by atoms with Crippen LogP contribution in [0.1, 0.15) is 12.5 Å². The number of benzene rings is 1. The minimum absolute atomic E-state index is 0. The third-order valence-corrected chi connectivity index (χ3v) is 3.40. The summed E-state index contributed by atoms with van der Waals surface area (Å²) in [5, 5.41) is 6.82. The number of guanidine groups is 1. The molecule has 0 bridgehead atoms. The van der Waals surface area contributed by atoms with E-state index in [0.29, 0.717) is 30.0 Å². The van der Waals surface area contributed by atoms with Crippen LogP contribution in [0.4, 0.5) is 4.39 Å². The molecule has 1 unspecified atom stereocenters. The van der Waals surface area contributed by atoms with Crippen LogP contribution in [0.15, 0.2) is 47.6 Å². The summed E-state index contributed by atoms with van der Waals surface area (Å²) in [5.41, 5.74) is 0.998. The van der Waals surface area contributed by atoms with Gasteiger partial charge in [0.05, 0.1) is 6.54 Å². The van der Waals surface area contributed by atoms with Gasteiger partial charge in [0.1, 0.15) is 22.8 Å². The average molecular weight is 479 g/mol. The van der Waals surface area contributed by atoms with Crippen LogP contribution in [-0.2, 0) is 6.54 Å². The highest BCUT2D eigenvalue weighted by atomic mass is 127. The number of ether oxygens (including phenoxy) is 1. The van der Waals surface area contributed by atoms with Crippen molar-refractivity contribution in [2.75, 3.05) is 13.6 Å². The van der Waals surface area contributed by atoms with Crippen molar-refractivity contribution in [3.8, 4) is 5.75 Å². The normalized spacial score (nSPS) is 12.1. The number of rotatable bonds is 6. The third-order valence-electron chi connectivity index (χ3n) is 3.18. The van der Waals surface area contributed by atoms with Gasteiger partial charge in [-0.05, 0) is 42.8 Å².